The van der Waals surface area contributed by atoms with Crippen molar-refractivity contribution >= 4 is 23.1 Å². The second kappa shape index (κ2) is 6.90. The molecule has 2 aromatic heterocycles. The number of nitrogens with zero attached hydrogens (tertiary/aromatic N) is 3. The Bertz CT molecular complexity index is 703. The van der Waals surface area contributed by atoms with Crippen molar-refractivity contribution in [2.45, 2.75) is 50.8 Å². The zero-order valence-electron chi connectivity index (χ0n) is 13.4. The maximum atomic E-state index is 12.0. The third kappa shape index (κ3) is 3.93. The molecule has 7 nitrogen and oxygen atoms in total. The Balaban J connectivity index is 1.23. The van der Waals surface area contributed by atoms with Gasteiger partial charge in [0.2, 0.25) is 0 Å². The summed E-state index contributed by atoms with van der Waals surface area (Å²) in [7, 11) is 0. The van der Waals surface area contributed by atoms with Gasteiger partial charge in [0.25, 0.3) is 0 Å². The van der Waals surface area contributed by atoms with Crippen LogP contribution in [0.1, 0.15) is 42.3 Å². The summed E-state index contributed by atoms with van der Waals surface area (Å²) < 4.78 is 7.40. The lowest BCUT2D eigenvalue weighted by atomic mass is 10.2. The minimum absolute atomic E-state index is 0.233. The number of anilines is 1. The van der Waals surface area contributed by atoms with Crippen molar-refractivity contribution in [1.82, 2.24) is 20.1 Å². The van der Waals surface area contributed by atoms with E-state index in [4.69, 9.17) is 4.74 Å². The van der Waals surface area contributed by atoms with Crippen LogP contribution >= 0.6 is 11.3 Å². The first-order valence-electron chi connectivity index (χ1n) is 8.39. The van der Waals surface area contributed by atoms with E-state index in [1.54, 1.807) is 17.5 Å². The number of carbonyl (C=O) groups excluding carboxylic acids is 1. The number of ether oxygens (including phenoxy) is 1. The summed E-state index contributed by atoms with van der Waals surface area (Å²) in [5.41, 5.74) is 1.61. The van der Waals surface area contributed by atoms with Crippen LogP contribution in [0.2, 0.25) is 0 Å². The zero-order valence-corrected chi connectivity index (χ0v) is 14.2. The van der Waals surface area contributed by atoms with Crippen LogP contribution < -0.4 is 10.6 Å². The molecule has 1 aliphatic carbocycles. The Morgan fingerprint density at radius 3 is 3.12 bits per heavy atom. The highest BCUT2D eigenvalue weighted by molar-refractivity contribution is 7.09. The van der Waals surface area contributed by atoms with Gasteiger partial charge in [-0.2, -0.15) is 5.10 Å². The molecule has 0 aromatic carbocycles. The molecule has 1 aliphatic heterocycles. The van der Waals surface area contributed by atoms with Crippen LogP contribution in [-0.4, -0.2) is 33.5 Å². The lowest BCUT2D eigenvalue weighted by Gasteiger charge is -2.08. The van der Waals surface area contributed by atoms with Gasteiger partial charge in [0.1, 0.15) is 0 Å². The lowest BCUT2D eigenvalue weighted by molar-refractivity contribution is 0.0940. The number of thiazole rings is 1. The Kier molecular flexibility index (Phi) is 4.48. The summed E-state index contributed by atoms with van der Waals surface area (Å²) in [6.45, 7) is 2.00. The molecule has 24 heavy (non-hydrogen) atoms. The molecule has 2 aliphatic rings. The van der Waals surface area contributed by atoms with Crippen molar-refractivity contribution in [3.63, 3.8) is 0 Å². The summed E-state index contributed by atoms with van der Waals surface area (Å²) in [6, 6.07) is -0.243. The van der Waals surface area contributed by atoms with Gasteiger partial charge in [-0.25, -0.2) is 9.78 Å². The van der Waals surface area contributed by atoms with Gasteiger partial charge in [-0.15, -0.1) is 11.3 Å². The van der Waals surface area contributed by atoms with Crippen LogP contribution in [0.25, 0.3) is 0 Å². The number of hydrogen-bond donors (Lipinski definition) is 2. The monoisotopic (exact) mass is 347 g/mol. The zero-order chi connectivity index (χ0) is 16.4. The van der Waals surface area contributed by atoms with E-state index in [0.29, 0.717) is 18.2 Å². The van der Waals surface area contributed by atoms with Crippen LogP contribution in [0.3, 0.4) is 0 Å². The molecule has 2 aromatic rings. The van der Waals surface area contributed by atoms with Crippen LogP contribution in [0.5, 0.6) is 0 Å². The summed E-state index contributed by atoms with van der Waals surface area (Å²) in [6.07, 6.45) is 8.39. The fourth-order valence-corrected chi connectivity index (χ4v) is 3.78. The van der Waals surface area contributed by atoms with E-state index in [2.05, 4.69) is 20.7 Å². The molecule has 1 saturated carbocycles. The Morgan fingerprint density at radius 1 is 1.42 bits per heavy atom. The van der Waals surface area contributed by atoms with E-state index in [-0.39, 0.29) is 12.1 Å². The quantitative estimate of drug-likeness (QED) is 0.842. The third-order valence-corrected chi connectivity index (χ3v) is 5.29. The van der Waals surface area contributed by atoms with Gasteiger partial charge in [-0.3, -0.25) is 4.68 Å². The van der Waals surface area contributed by atoms with Gasteiger partial charge >= 0.3 is 6.03 Å². The Hall–Kier alpha value is -1.93. The number of hydrogen-bond acceptors (Lipinski definition) is 5. The van der Waals surface area contributed by atoms with Gasteiger partial charge in [-0.1, -0.05) is 0 Å². The van der Waals surface area contributed by atoms with Gasteiger partial charge in [-0.05, 0) is 25.7 Å². The number of urea groups is 1. The molecule has 1 atom stereocenters. The SMILES string of the molecule is O=C(NCc1csc(C2CC2)n1)Nc1cnn(C[C@@H]2CCCO2)c1. The van der Waals surface area contributed by atoms with Crippen LogP contribution in [0, 0.1) is 0 Å². The highest BCUT2D eigenvalue weighted by atomic mass is 32.1. The van der Waals surface area contributed by atoms with Gasteiger partial charge in [0, 0.05) is 24.1 Å². The van der Waals surface area contributed by atoms with E-state index < -0.39 is 0 Å². The van der Waals surface area contributed by atoms with Gasteiger partial charge in [0.05, 0.1) is 41.8 Å². The third-order valence-electron chi connectivity index (χ3n) is 4.23. The second-order valence-corrected chi connectivity index (χ2v) is 7.23. The summed E-state index contributed by atoms with van der Waals surface area (Å²) >= 11 is 1.69. The fourth-order valence-electron chi connectivity index (χ4n) is 2.79. The average molecular weight is 347 g/mol. The lowest BCUT2D eigenvalue weighted by Crippen LogP contribution is -2.28. The van der Waals surface area contributed by atoms with E-state index in [1.165, 1.54) is 17.8 Å². The number of nitrogens with one attached hydrogen (secondary N) is 2. The number of amides is 2. The summed E-state index contributed by atoms with van der Waals surface area (Å²) in [5, 5.41) is 13.1. The molecule has 0 bridgehead atoms. The molecule has 3 heterocycles. The Labute approximate surface area is 144 Å². The van der Waals surface area contributed by atoms with E-state index >= 15 is 0 Å². The van der Waals surface area contributed by atoms with Crippen molar-refractivity contribution in [3.05, 3.63) is 28.5 Å². The van der Waals surface area contributed by atoms with E-state index in [9.17, 15) is 4.79 Å². The molecular formula is C16H21N5O2S. The van der Waals surface area contributed by atoms with Crippen LogP contribution in [0.15, 0.2) is 17.8 Å². The molecule has 0 spiro atoms. The molecule has 0 unspecified atom stereocenters. The maximum Gasteiger partial charge on any atom is 0.319 e. The predicted octanol–water partition coefficient (Wildman–Crippen LogP) is 2.72. The van der Waals surface area contributed by atoms with Gasteiger partial charge < -0.3 is 15.4 Å². The first-order chi connectivity index (χ1) is 11.8. The highest BCUT2D eigenvalue weighted by Crippen LogP contribution is 2.41. The van der Waals surface area contributed by atoms with Crippen molar-refractivity contribution < 1.29 is 9.53 Å². The molecule has 2 N–H and O–H groups in total. The molecule has 0 radical (unpaired) electrons. The molecule has 2 fully saturated rings. The maximum absolute atomic E-state index is 12.0. The van der Waals surface area contributed by atoms with Crippen LogP contribution in [0.4, 0.5) is 10.5 Å². The molecule has 1 saturated heterocycles. The minimum Gasteiger partial charge on any atom is -0.376 e. The fraction of sp³-hybridized carbons (Fsp3) is 0.562. The first-order valence-corrected chi connectivity index (χ1v) is 9.27. The molecule has 2 amide bonds. The summed E-state index contributed by atoms with van der Waals surface area (Å²) in [5.74, 6) is 0.660. The van der Waals surface area contributed by atoms with Crippen molar-refractivity contribution in [2.24, 2.45) is 0 Å². The second-order valence-electron chi connectivity index (χ2n) is 6.35. The normalized spacial score (nSPS) is 20.2. The van der Waals surface area contributed by atoms with Gasteiger partial charge in [0.15, 0.2) is 0 Å². The first kappa shape index (κ1) is 15.6. The standard InChI is InChI=1S/C16H21N5O2S/c22-16(17-6-13-10-24-15(19-13)11-3-4-11)20-12-7-18-21(8-12)9-14-2-1-5-23-14/h7-8,10-11,14H,1-6,9H2,(H2,17,20,22)/t14-/m0/s1. The van der Waals surface area contributed by atoms with Crippen molar-refractivity contribution in [3.8, 4) is 0 Å². The molecule has 8 heteroatoms. The number of rotatable bonds is 6. The predicted molar refractivity (Wildman–Crippen MR) is 91.1 cm³/mol. The average Bonchev–Trinajstić information content (AvgIpc) is 2.98. The minimum atomic E-state index is -0.243. The van der Waals surface area contributed by atoms with Crippen LogP contribution in [-0.2, 0) is 17.8 Å². The van der Waals surface area contributed by atoms with E-state index in [1.807, 2.05) is 16.3 Å². The topological polar surface area (TPSA) is 81.1 Å². The summed E-state index contributed by atoms with van der Waals surface area (Å²) in [4.78, 5) is 16.5. The van der Waals surface area contributed by atoms with E-state index in [0.717, 1.165) is 31.7 Å². The highest BCUT2D eigenvalue weighted by Gasteiger charge is 2.26. The molecular weight excluding hydrogens is 326 g/mol. The van der Waals surface area contributed by atoms with Crippen molar-refractivity contribution in [2.75, 3.05) is 11.9 Å². The molecule has 4 rings (SSSR count). The largest absolute Gasteiger partial charge is 0.376 e. The molecule has 128 valence electrons. The Morgan fingerprint density at radius 2 is 2.33 bits per heavy atom. The number of carbonyl (C=O) groups is 1. The smallest absolute Gasteiger partial charge is 0.319 e. The van der Waals surface area contributed by atoms with Crippen molar-refractivity contribution in [1.29, 1.82) is 0 Å². The number of aromatic nitrogens is 3.